The van der Waals surface area contributed by atoms with Crippen LogP contribution < -0.4 is 5.32 Å². The Labute approximate surface area is 131 Å². The molecule has 7 heteroatoms. The molecule has 5 nitrogen and oxygen atoms in total. The third-order valence-electron chi connectivity index (χ3n) is 3.33. The highest BCUT2D eigenvalue weighted by molar-refractivity contribution is 7.08. The van der Waals surface area contributed by atoms with Gasteiger partial charge in [0.25, 0.3) is 5.91 Å². The molecule has 1 N–H and O–H groups in total. The lowest BCUT2D eigenvalue weighted by atomic mass is 10.1. The van der Waals surface area contributed by atoms with Crippen molar-refractivity contribution in [1.82, 2.24) is 14.9 Å². The molecule has 0 radical (unpaired) electrons. The van der Waals surface area contributed by atoms with Crippen LogP contribution in [0.5, 0.6) is 0 Å². The summed E-state index contributed by atoms with van der Waals surface area (Å²) < 4.78 is 9.38. The molecule has 2 aromatic rings. The van der Waals surface area contributed by atoms with E-state index in [9.17, 15) is 4.79 Å². The average Bonchev–Trinajstić information content (AvgIpc) is 3.17. The highest BCUT2D eigenvalue weighted by Gasteiger charge is 2.20. The number of hydrogen-bond donors (Lipinski definition) is 1. The molecule has 1 amide bonds. The van der Waals surface area contributed by atoms with E-state index in [0.717, 1.165) is 36.5 Å². The van der Waals surface area contributed by atoms with E-state index in [4.69, 9.17) is 16.3 Å². The molecule has 1 saturated heterocycles. The Morgan fingerprint density at radius 2 is 2.24 bits per heavy atom. The van der Waals surface area contributed by atoms with Crippen LogP contribution in [0, 0.1) is 0 Å². The highest BCUT2D eigenvalue weighted by Crippen LogP contribution is 2.25. The van der Waals surface area contributed by atoms with Gasteiger partial charge in [0.1, 0.15) is 10.6 Å². The Kier molecular flexibility index (Phi) is 4.48. The minimum absolute atomic E-state index is 0.119. The largest absolute Gasteiger partial charge is 0.376 e. The lowest BCUT2D eigenvalue weighted by molar-refractivity contribution is 0.0861. The predicted octanol–water partition coefficient (Wildman–Crippen LogP) is 2.77. The topological polar surface area (TPSA) is 64.1 Å². The van der Waals surface area contributed by atoms with Crippen molar-refractivity contribution < 1.29 is 9.53 Å². The van der Waals surface area contributed by atoms with E-state index >= 15 is 0 Å². The highest BCUT2D eigenvalue weighted by atomic mass is 35.5. The first-order chi connectivity index (χ1) is 10.2. The standard InChI is InChI=1S/C14H14ClN3O2S/c15-10-5-3-9(4-6-10)12-13(21-18-17-12)14(19)16-8-11-2-1-7-20-11/h3-6,11H,1-2,7-8H2,(H,16,19)/t11-/m0/s1. The monoisotopic (exact) mass is 323 g/mol. The number of amides is 1. The fraction of sp³-hybridized carbons (Fsp3) is 0.357. The van der Waals surface area contributed by atoms with Crippen molar-refractivity contribution >= 4 is 29.0 Å². The van der Waals surface area contributed by atoms with Crippen molar-refractivity contribution in [3.8, 4) is 11.3 Å². The van der Waals surface area contributed by atoms with Gasteiger partial charge in [-0.3, -0.25) is 4.79 Å². The summed E-state index contributed by atoms with van der Waals surface area (Å²) in [6.45, 7) is 1.30. The minimum atomic E-state index is -0.162. The lowest BCUT2D eigenvalue weighted by Gasteiger charge is -2.10. The summed E-state index contributed by atoms with van der Waals surface area (Å²) in [4.78, 5) is 12.8. The maximum atomic E-state index is 12.3. The number of nitrogens with zero attached hydrogens (tertiary/aromatic N) is 2. The predicted molar refractivity (Wildman–Crippen MR) is 81.7 cm³/mol. The average molecular weight is 324 g/mol. The number of carbonyl (C=O) groups excluding carboxylic acids is 1. The van der Waals surface area contributed by atoms with Gasteiger partial charge in [0.2, 0.25) is 0 Å². The van der Waals surface area contributed by atoms with Crippen molar-refractivity contribution in [3.05, 3.63) is 34.2 Å². The molecule has 0 spiro atoms. The van der Waals surface area contributed by atoms with Crippen molar-refractivity contribution in [2.45, 2.75) is 18.9 Å². The maximum Gasteiger partial charge on any atom is 0.265 e. The fourth-order valence-electron chi connectivity index (χ4n) is 2.23. The first-order valence-corrected chi connectivity index (χ1v) is 7.87. The Morgan fingerprint density at radius 3 is 2.95 bits per heavy atom. The van der Waals surface area contributed by atoms with Crippen LogP contribution in [0.2, 0.25) is 5.02 Å². The molecule has 1 atom stereocenters. The van der Waals surface area contributed by atoms with Gasteiger partial charge in [0.05, 0.1) is 6.10 Å². The molecule has 2 heterocycles. The van der Waals surface area contributed by atoms with E-state index in [1.54, 1.807) is 12.1 Å². The molecule has 0 unspecified atom stereocenters. The van der Waals surface area contributed by atoms with Crippen LogP contribution in [0.1, 0.15) is 22.5 Å². The normalized spacial score (nSPS) is 17.9. The Morgan fingerprint density at radius 1 is 1.43 bits per heavy atom. The zero-order chi connectivity index (χ0) is 14.7. The summed E-state index contributed by atoms with van der Waals surface area (Å²) in [6, 6.07) is 7.19. The van der Waals surface area contributed by atoms with Gasteiger partial charge in [-0.2, -0.15) is 0 Å². The molecule has 0 saturated carbocycles. The van der Waals surface area contributed by atoms with Crippen LogP contribution in [-0.2, 0) is 4.74 Å². The zero-order valence-electron chi connectivity index (χ0n) is 11.2. The zero-order valence-corrected chi connectivity index (χ0v) is 12.8. The molecular weight excluding hydrogens is 310 g/mol. The SMILES string of the molecule is O=C(NC[C@@H]1CCCO1)c1snnc1-c1ccc(Cl)cc1. The van der Waals surface area contributed by atoms with Crippen LogP contribution >= 0.6 is 23.1 Å². The van der Waals surface area contributed by atoms with Gasteiger partial charge in [-0.1, -0.05) is 28.2 Å². The van der Waals surface area contributed by atoms with Gasteiger partial charge in [0, 0.05) is 23.7 Å². The first-order valence-electron chi connectivity index (χ1n) is 6.72. The fourth-order valence-corrected chi connectivity index (χ4v) is 2.96. The molecule has 21 heavy (non-hydrogen) atoms. The Balaban J connectivity index is 1.72. The summed E-state index contributed by atoms with van der Waals surface area (Å²) >= 11 is 6.96. The van der Waals surface area contributed by atoms with Crippen LogP contribution in [-0.4, -0.2) is 34.7 Å². The smallest absolute Gasteiger partial charge is 0.265 e. The molecule has 1 aliphatic rings. The summed E-state index contributed by atoms with van der Waals surface area (Å²) in [6.07, 6.45) is 2.16. The molecular formula is C14H14ClN3O2S. The molecule has 0 aliphatic carbocycles. The molecule has 1 aromatic carbocycles. The summed E-state index contributed by atoms with van der Waals surface area (Å²) in [7, 11) is 0. The number of ether oxygens (including phenoxy) is 1. The second-order valence-electron chi connectivity index (χ2n) is 4.80. The summed E-state index contributed by atoms with van der Waals surface area (Å²) in [5.41, 5.74) is 1.41. The number of halogens is 1. The van der Waals surface area contributed by atoms with Crippen LogP contribution in [0.15, 0.2) is 24.3 Å². The Hall–Kier alpha value is -1.50. The van der Waals surface area contributed by atoms with Gasteiger partial charge in [-0.05, 0) is 36.5 Å². The van der Waals surface area contributed by atoms with Gasteiger partial charge in [0.15, 0.2) is 0 Å². The van der Waals surface area contributed by atoms with Gasteiger partial charge >= 0.3 is 0 Å². The van der Waals surface area contributed by atoms with Gasteiger partial charge in [-0.25, -0.2) is 0 Å². The minimum Gasteiger partial charge on any atom is -0.376 e. The number of hydrogen-bond acceptors (Lipinski definition) is 5. The number of nitrogens with one attached hydrogen (secondary N) is 1. The van der Waals surface area contributed by atoms with Crippen molar-refractivity contribution in [2.75, 3.05) is 13.2 Å². The summed E-state index contributed by atoms with van der Waals surface area (Å²) in [5.74, 6) is -0.162. The molecule has 1 aromatic heterocycles. The number of rotatable bonds is 4. The second-order valence-corrected chi connectivity index (χ2v) is 5.99. The molecule has 110 valence electrons. The molecule has 1 fully saturated rings. The third-order valence-corrected chi connectivity index (χ3v) is 4.30. The van der Waals surface area contributed by atoms with E-state index in [-0.39, 0.29) is 12.0 Å². The van der Waals surface area contributed by atoms with E-state index in [1.807, 2.05) is 12.1 Å². The first kappa shape index (κ1) is 14.4. The maximum absolute atomic E-state index is 12.3. The van der Waals surface area contributed by atoms with E-state index in [2.05, 4.69) is 14.9 Å². The molecule has 1 aliphatic heterocycles. The molecule has 3 rings (SSSR count). The van der Waals surface area contributed by atoms with Crippen molar-refractivity contribution in [3.63, 3.8) is 0 Å². The van der Waals surface area contributed by atoms with Crippen LogP contribution in [0.3, 0.4) is 0 Å². The van der Waals surface area contributed by atoms with Crippen LogP contribution in [0.25, 0.3) is 11.3 Å². The van der Waals surface area contributed by atoms with Gasteiger partial charge < -0.3 is 10.1 Å². The second kappa shape index (κ2) is 6.51. The quantitative estimate of drug-likeness (QED) is 0.939. The van der Waals surface area contributed by atoms with Gasteiger partial charge in [-0.15, -0.1) is 5.10 Å². The van der Waals surface area contributed by atoms with Crippen LogP contribution in [0.4, 0.5) is 0 Å². The number of aromatic nitrogens is 2. The van der Waals surface area contributed by atoms with E-state index < -0.39 is 0 Å². The Bertz CT molecular complexity index is 623. The van der Waals surface area contributed by atoms with E-state index in [1.165, 1.54) is 0 Å². The third kappa shape index (κ3) is 3.40. The molecule has 0 bridgehead atoms. The van der Waals surface area contributed by atoms with Crippen molar-refractivity contribution in [2.24, 2.45) is 0 Å². The van der Waals surface area contributed by atoms with E-state index in [0.29, 0.717) is 22.1 Å². The number of benzene rings is 1. The summed E-state index contributed by atoms with van der Waals surface area (Å²) in [5, 5.41) is 7.58. The number of carbonyl (C=O) groups is 1. The lowest BCUT2D eigenvalue weighted by Crippen LogP contribution is -2.31. The van der Waals surface area contributed by atoms with Crippen molar-refractivity contribution in [1.29, 1.82) is 0 Å².